The van der Waals surface area contributed by atoms with Gasteiger partial charge in [-0.2, -0.15) is 0 Å². The van der Waals surface area contributed by atoms with Gasteiger partial charge in [0.2, 0.25) is 0 Å². The first kappa shape index (κ1) is 14.1. The second-order valence-corrected chi connectivity index (χ2v) is 5.76. The van der Waals surface area contributed by atoms with Crippen molar-refractivity contribution < 1.29 is 8.81 Å². The van der Waals surface area contributed by atoms with Crippen molar-refractivity contribution in [2.75, 3.05) is 5.75 Å². The van der Waals surface area contributed by atoms with E-state index in [0.717, 1.165) is 21.6 Å². The highest BCUT2D eigenvalue weighted by Gasteiger charge is 2.15. The number of halogens is 1. The summed E-state index contributed by atoms with van der Waals surface area (Å²) in [5.74, 6) is 6.90. The maximum absolute atomic E-state index is 12.9. The average Bonchev–Trinajstić information content (AvgIpc) is 2.93. The number of nitrogens with one attached hydrogen (secondary N) is 1. The summed E-state index contributed by atoms with van der Waals surface area (Å²) in [5.41, 5.74) is 3.62. The monoisotopic (exact) mass is 302 g/mol. The van der Waals surface area contributed by atoms with E-state index in [9.17, 15) is 4.39 Å². The lowest BCUT2D eigenvalue weighted by atomic mass is 10.2. The predicted molar refractivity (Wildman–Crippen MR) is 83.4 cm³/mol. The molecule has 3 nitrogen and oxygen atoms in total. The molecule has 5 heteroatoms. The second kappa shape index (κ2) is 6.30. The van der Waals surface area contributed by atoms with Crippen LogP contribution in [0.5, 0.6) is 0 Å². The molecule has 108 valence electrons. The van der Waals surface area contributed by atoms with Gasteiger partial charge in [0.1, 0.15) is 17.2 Å². The van der Waals surface area contributed by atoms with Crippen molar-refractivity contribution in [3.8, 4) is 0 Å². The van der Waals surface area contributed by atoms with Gasteiger partial charge in [-0.1, -0.05) is 18.2 Å². The van der Waals surface area contributed by atoms with Gasteiger partial charge in [0.15, 0.2) is 0 Å². The maximum Gasteiger partial charge on any atom is 0.134 e. The summed E-state index contributed by atoms with van der Waals surface area (Å²) in [5, 5.41) is 1.06. The van der Waals surface area contributed by atoms with Crippen LogP contribution in [0.3, 0.4) is 0 Å². The van der Waals surface area contributed by atoms with E-state index < -0.39 is 0 Å². The van der Waals surface area contributed by atoms with E-state index >= 15 is 0 Å². The molecule has 0 aliphatic heterocycles. The van der Waals surface area contributed by atoms with Crippen LogP contribution in [0.4, 0.5) is 4.39 Å². The zero-order chi connectivity index (χ0) is 14.7. The molecule has 0 saturated carbocycles. The first-order chi connectivity index (χ1) is 10.3. The Balaban J connectivity index is 1.73. The highest BCUT2D eigenvalue weighted by atomic mass is 32.2. The third kappa shape index (κ3) is 3.26. The van der Waals surface area contributed by atoms with Crippen LogP contribution in [-0.4, -0.2) is 5.75 Å². The van der Waals surface area contributed by atoms with Crippen LogP contribution in [-0.2, 0) is 0 Å². The highest BCUT2D eigenvalue weighted by molar-refractivity contribution is 7.99. The van der Waals surface area contributed by atoms with E-state index in [1.54, 1.807) is 23.9 Å². The van der Waals surface area contributed by atoms with Gasteiger partial charge in [0.05, 0.1) is 6.04 Å². The molecule has 1 heterocycles. The van der Waals surface area contributed by atoms with Crippen LogP contribution in [0.2, 0.25) is 0 Å². The average molecular weight is 302 g/mol. The van der Waals surface area contributed by atoms with Crippen LogP contribution < -0.4 is 11.3 Å². The molecular formula is C16H15FN2OS. The van der Waals surface area contributed by atoms with E-state index in [2.05, 4.69) is 5.43 Å². The lowest BCUT2D eigenvalue weighted by molar-refractivity contribution is 0.464. The van der Waals surface area contributed by atoms with Gasteiger partial charge in [-0.25, -0.2) is 9.82 Å². The smallest absolute Gasteiger partial charge is 0.134 e. The molecule has 0 bridgehead atoms. The molecule has 2 aromatic carbocycles. The highest BCUT2D eigenvalue weighted by Crippen LogP contribution is 2.28. The first-order valence-electron chi connectivity index (χ1n) is 6.59. The van der Waals surface area contributed by atoms with Crippen LogP contribution in [0, 0.1) is 5.82 Å². The Bertz CT molecular complexity index is 693. The topological polar surface area (TPSA) is 51.2 Å². The molecule has 0 aliphatic rings. The summed E-state index contributed by atoms with van der Waals surface area (Å²) in [6.07, 6.45) is 0. The molecule has 3 aromatic rings. The molecule has 0 aliphatic carbocycles. The van der Waals surface area contributed by atoms with Gasteiger partial charge >= 0.3 is 0 Å². The normalized spacial score (nSPS) is 12.7. The van der Waals surface area contributed by atoms with E-state index in [1.807, 2.05) is 30.3 Å². The van der Waals surface area contributed by atoms with Crippen molar-refractivity contribution in [3.63, 3.8) is 0 Å². The standard InChI is InChI=1S/C16H15FN2OS/c17-12-5-7-13(8-6-12)21-10-14(19-18)16-9-11-3-1-2-4-15(11)20-16/h1-9,14,19H,10,18H2. The minimum absolute atomic E-state index is 0.104. The van der Waals surface area contributed by atoms with Crippen LogP contribution >= 0.6 is 11.8 Å². The van der Waals surface area contributed by atoms with E-state index in [-0.39, 0.29) is 11.9 Å². The Hall–Kier alpha value is -1.82. The molecular weight excluding hydrogens is 287 g/mol. The molecule has 0 radical (unpaired) electrons. The minimum atomic E-state index is -0.231. The quantitative estimate of drug-likeness (QED) is 0.427. The number of thioether (sulfide) groups is 1. The molecule has 0 fully saturated rings. The van der Waals surface area contributed by atoms with Crippen molar-refractivity contribution in [3.05, 3.63) is 66.2 Å². The molecule has 3 N–H and O–H groups in total. The second-order valence-electron chi connectivity index (χ2n) is 4.67. The van der Waals surface area contributed by atoms with Gasteiger partial charge in [0, 0.05) is 16.0 Å². The van der Waals surface area contributed by atoms with Crippen LogP contribution in [0.25, 0.3) is 11.0 Å². The van der Waals surface area contributed by atoms with Crippen molar-refractivity contribution in [2.24, 2.45) is 5.84 Å². The van der Waals surface area contributed by atoms with Crippen molar-refractivity contribution in [1.29, 1.82) is 0 Å². The fourth-order valence-corrected chi connectivity index (χ4v) is 3.05. The fourth-order valence-electron chi connectivity index (χ4n) is 2.10. The summed E-state index contributed by atoms with van der Waals surface area (Å²) in [4.78, 5) is 0.993. The van der Waals surface area contributed by atoms with Crippen molar-refractivity contribution >= 4 is 22.7 Å². The Morgan fingerprint density at radius 2 is 1.90 bits per heavy atom. The van der Waals surface area contributed by atoms with Crippen molar-refractivity contribution in [2.45, 2.75) is 10.9 Å². The number of rotatable bonds is 5. The maximum atomic E-state index is 12.9. The summed E-state index contributed by atoms with van der Waals surface area (Å²) in [6.45, 7) is 0. The number of hydrogen-bond donors (Lipinski definition) is 2. The molecule has 21 heavy (non-hydrogen) atoms. The third-order valence-electron chi connectivity index (χ3n) is 3.22. The summed E-state index contributed by atoms with van der Waals surface area (Å²) < 4.78 is 18.7. The van der Waals surface area contributed by atoms with Gasteiger partial charge in [-0.05, 0) is 36.4 Å². The predicted octanol–water partition coefficient (Wildman–Crippen LogP) is 3.87. The Morgan fingerprint density at radius 1 is 1.14 bits per heavy atom. The van der Waals surface area contributed by atoms with E-state index in [0.29, 0.717) is 5.75 Å². The summed E-state index contributed by atoms with van der Waals surface area (Å²) in [6, 6.07) is 16.1. The number of nitrogens with two attached hydrogens (primary N) is 1. The van der Waals surface area contributed by atoms with Gasteiger partial charge in [0.25, 0.3) is 0 Å². The number of hydrazine groups is 1. The van der Waals surface area contributed by atoms with Gasteiger partial charge < -0.3 is 4.42 Å². The summed E-state index contributed by atoms with van der Waals surface area (Å²) >= 11 is 1.60. The lowest BCUT2D eigenvalue weighted by Crippen LogP contribution is -2.29. The van der Waals surface area contributed by atoms with Gasteiger partial charge in [-0.15, -0.1) is 11.8 Å². The molecule has 0 saturated heterocycles. The summed E-state index contributed by atoms with van der Waals surface area (Å²) in [7, 11) is 0. The molecule has 1 aromatic heterocycles. The minimum Gasteiger partial charge on any atom is -0.459 e. The molecule has 3 rings (SSSR count). The molecule has 0 spiro atoms. The number of para-hydroxylation sites is 1. The Labute approximate surface area is 126 Å². The number of fused-ring (bicyclic) bond motifs is 1. The van der Waals surface area contributed by atoms with Crippen LogP contribution in [0.1, 0.15) is 11.8 Å². The lowest BCUT2D eigenvalue weighted by Gasteiger charge is -2.12. The number of benzene rings is 2. The van der Waals surface area contributed by atoms with E-state index in [4.69, 9.17) is 10.3 Å². The molecule has 1 atom stereocenters. The van der Waals surface area contributed by atoms with E-state index in [1.165, 1.54) is 12.1 Å². The van der Waals surface area contributed by atoms with Crippen molar-refractivity contribution in [1.82, 2.24) is 5.43 Å². The fraction of sp³-hybridized carbons (Fsp3) is 0.125. The molecule has 0 amide bonds. The zero-order valence-corrected chi connectivity index (χ0v) is 12.1. The molecule has 1 unspecified atom stereocenters. The first-order valence-corrected chi connectivity index (χ1v) is 7.58. The SMILES string of the molecule is NNC(CSc1ccc(F)cc1)c1cc2ccccc2o1. The Morgan fingerprint density at radius 3 is 2.62 bits per heavy atom. The number of furan rings is 1. The third-order valence-corrected chi connectivity index (χ3v) is 4.33. The van der Waals surface area contributed by atoms with Gasteiger partial charge in [-0.3, -0.25) is 5.84 Å². The number of hydrogen-bond acceptors (Lipinski definition) is 4. The zero-order valence-electron chi connectivity index (χ0n) is 11.3. The Kier molecular flexibility index (Phi) is 4.24. The largest absolute Gasteiger partial charge is 0.459 e. The van der Waals surface area contributed by atoms with Crippen LogP contribution in [0.15, 0.2) is 63.9 Å².